The molecule has 0 saturated heterocycles. The van der Waals surface area contributed by atoms with Gasteiger partial charge < -0.3 is 9.84 Å². The van der Waals surface area contributed by atoms with E-state index in [2.05, 4.69) is 29.3 Å². The molecule has 1 aliphatic rings. The third-order valence-electron chi connectivity index (χ3n) is 5.33. The van der Waals surface area contributed by atoms with Crippen LogP contribution < -0.4 is 5.32 Å². The Balaban J connectivity index is 1.46. The number of aryl methyl sites for hydroxylation is 1. The molecule has 5 heteroatoms. The van der Waals surface area contributed by atoms with Gasteiger partial charge in [0.1, 0.15) is 0 Å². The largest absolute Gasteiger partial charge is 0.353 e. The van der Waals surface area contributed by atoms with E-state index in [1.54, 1.807) is 0 Å². The number of amides is 1. The van der Waals surface area contributed by atoms with Crippen LogP contribution in [0, 0.1) is 11.8 Å². The van der Waals surface area contributed by atoms with Crippen molar-refractivity contribution in [2.24, 2.45) is 11.8 Å². The van der Waals surface area contributed by atoms with E-state index in [9.17, 15) is 4.79 Å². The number of hydrogen-bond acceptors (Lipinski definition) is 4. The number of benzene rings is 1. The molecule has 25 heavy (non-hydrogen) atoms. The highest BCUT2D eigenvalue weighted by atomic mass is 16.5. The predicted molar refractivity (Wildman–Crippen MR) is 96.0 cm³/mol. The summed E-state index contributed by atoms with van der Waals surface area (Å²) in [6.07, 6.45) is 5.07. The van der Waals surface area contributed by atoms with Gasteiger partial charge in [0, 0.05) is 25.3 Å². The second-order valence-electron chi connectivity index (χ2n) is 7.21. The zero-order valence-corrected chi connectivity index (χ0v) is 15.1. The van der Waals surface area contributed by atoms with Gasteiger partial charge >= 0.3 is 0 Å². The lowest BCUT2D eigenvalue weighted by Gasteiger charge is -2.34. The maximum Gasteiger partial charge on any atom is 0.227 e. The zero-order valence-electron chi connectivity index (χ0n) is 15.1. The molecule has 1 N–H and O–H groups in total. The smallest absolute Gasteiger partial charge is 0.227 e. The molecule has 1 aliphatic carbocycles. The van der Waals surface area contributed by atoms with Gasteiger partial charge in [-0.15, -0.1) is 0 Å². The standard InChI is InChI=1S/C20H27N3O2/c1-14-7-6-10-17(15(14)2)21-19(24)11-12-20-22-18(23-25-20)13-16-8-4-3-5-9-16/h3-5,8-9,14-15,17H,6-7,10-13H2,1-2H3,(H,21,24)/t14-,15+,17+/m1/s1. The van der Waals surface area contributed by atoms with Crippen LogP contribution in [-0.2, 0) is 17.6 Å². The number of aromatic nitrogens is 2. The summed E-state index contributed by atoms with van der Waals surface area (Å²) >= 11 is 0. The van der Waals surface area contributed by atoms with E-state index in [0.29, 0.717) is 48.9 Å². The lowest BCUT2D eigenvalue weighted by atomic mass is 9.78. The van der Waals surface area contributed by atoms with Crippen molar-refractivity contribution in [3.05, 3.63) is 47.6 Å². The first-order valence-corrected chi connectivity index (χ1v) is 9.26. The van der Waals surface area contributed by atoms with Gasteiger partial charge in [0.25, 0.3) is 0 Å². The van der Waals surface area contributed by atoms with E-state index >= 15 is 0 Å². The molecular formula is C20H27N3O2. The third kappa shape index (κ3) is 4.91. The van der Waals surface area contributed by atoms with Crippen molar-refractivity contribution >= 4 is 5.91 Å². The molecule has 1 fully saturated rings. The molecule has 5 nitrogen and oxygen atoms in total. The number of rotatable bonds is 6. The predicted octanol–water partition coefficient (Wildman–Crippen LogP) is 3.53. The van der Waals surface area contributed by atoms with Crippen molar-refractivity contribution in [2.45, 2.75) is 58.4 Å². The molecule has 1 amide bonds. The molecule has 1 heterocycles. The van der Waals surface area contributed by atoms with E-state index in [0.717, 1.165) is 12.0 Å². The third-order valence-corrected chi connectivity index (χ3v) is 5.33. The van der Waals surface area contributed by atoms with Gasteiger partial charge in [-0.3, -0.25) is 4.79 Å². The van der Waals surface area contributed by atoms with Gasteiger partial charge in [0.2, 0.25) is 11.8 Å². The van der Waals surface area contributed by atoms with E-state index < -0.39 is 0 Å². The second kappa shape index (κ2) is 8.28. The number of carbonyl (C=O) groups excluding carboxylic acids is 1. The zero-order chi connectivity index (χ0) is 17.6. The first-order valence-electron chi connectivity index (χ1n) is 9.26. The molecule has 0 bridgehead atoms. The Labute approximate surface area is 149 Å². The molecule has 0 aliphatic heterocycles. The van der Waals surface area contributed by atoms with E-state index in [4.69, 9.17) is 4.52 Å². The minimum atomic E-state index is 0.0776. The summed E-state index contributed by atoms with van der Waals surface area (Å²) in [7, 11) is 0. The highest BCUT2D eigenvalue weighted by Gasteiger charge is 2.28. The van der Waals surface area contributed by atoms with Crippen molar-refractivity contribution in [2.75, 3.05) is 0 Å². The number of nitrogens with one attached hydrogen (secondary N) is 1. The quantitative estimate of drug-likeness (QED) is 0.873. The summed E-state index contributed by atoms with van der Waals surface area (Å²) in [6.45, 7) is 4.51. The van der Waals surface area contributed by atoms with Crippen molar-refractivity contribution in [3.8, 4) is 0 Å². The fourth-order valence-corrected chi connectivity index (χ4v) is 3.53. The Morgan fingerprint density at radius 1 is 1.24 bits per heavy atom. The first kappa shape index (κ1) is 17.6. The SMILES string of the molecule is C[C@H]1[C@H](C)CCC[C@@H]1NC(=O)CCc1nc(Cc2ccccc2)no1. The Morgan fingerprint density at radius 3 is 2.84 bits per heavy atom. The highest BCUT2D eigenvalue weighted by molar-refractivity contribution is 5.76. The van der Waals surface area contributed by atoms with Crippen LogP contribution in [0.15, 0.2) is 34.9 Å². The van der Waals surface area contributed by atoms with Crippen molar-refractivity contribution < 1.29 is 9.32 Å². The Hall–Kier alpha value is -2.17. The van der Waals surface area contributed by atoms with Gasteiger partial charge in [-0.2, -0.15) is 4.98 Å². The summed E-state index contributed by atoms with van der Waals surface area (Å²) in [5, 5.41) is 7.20. The van der Waals surface area contributed by atoms with Gasteiger partial charge in [-0.25, -0.2) is 0 Å². The maximum atomic E-state index is 12.2. The van der Waals surface area contributed by atoms with E-state index in [-0.39, 0.29) is 5.91 Å². The number of nitrogens with zero attached hydrogens (tertiary/aromatic N) is 2. The first-order chi connectivity index (χ1) is 12.1. The second-order valence-corrected chi connectivity index (χ2v) is 7.21. The molecule has 2 aromatic rings. The Bertz CT molecular complexity index is 683. The van der Waals surface area contributed by atoms with Crippen molar-refractivity contribution in [1.82, 2.24) is 15.5 Å². The minimum absolute atomic E-state index is 0.0776. The molecule has 0 spiro atoms. The fourth-order valence-electron chi connectivity index (χ4n) is 3.53. The van der Waals surface area contributed by atoms with E-state index in [1.807, 2.05) is 30.3 Å². The molecule has 1 saturated carbocycles. The van der Waals surface area contributed by atoms with Gasteiger partial charge in [-0.1, -0.05) is 62.2 Å². The minimum Gasteiger partial charge on any atom is -0.353 e. The number of carbonyl (C=O) groups is 1. The highest BCUT2D eigenvalue weighted by Crippen LogP contribution is 2.29. The van der Waals surface area contributed by atoms with Crippen LogP contribution in [0.4, 0.5) is 0 Å². The van der Waals surface area contributed by atoms with Crippen molar-refractivity contribution in [1.29, 1.82) is 0 Å². The van der Waals surface area contributed by atoms with Gasteiger partial charge in [0.15, 0.2) is 5.82 Å². The monoisotopic (exact) mass is 341 g/mol. The Morgan fingerprint density at radius 2 is 2.04 bits per heavy atom. The summed E-state index contributed by atoms with van der Waals surface area (Å²) in [5.74, 6) is 2.49. The molecule has 0 unspecified atom stereocenters. The topological polar surface area (TPSA) is 68.0 Å². The molecular weight excluding hydrogens is 314 g/mol. The van der Waals surface area contributed by atoms with Crippen molar-refractivity contribution in [3.63, 3.8) is 0 Å². The molecule has 3 rings (SSSR count). The number of hydrogen-bond donors (Lipinski definition) is 1. The van der Waals surface area contributed by atoms with Crippen LogP contribution in [0.2, 0.25) is 0 Å². The lowest BCUT2D eigenvalue weighted by Crippen LogP contribution is -2.43. The van der Waals surface area contributed by atoms with Crippen LogP contribution in [0.5, 0.6) is 0 Å². The van der Waals surface area contributed by atoms with Gasteiger partial charge in [0.05, 0.1) is 0 Å². The average Bonchev–Trinajstić information content (AvgIpc) is 3.05. The van der Waals surface area contributed by atoms with Crippen LogP contribution in [0.25, 0.3) is 0 Å². The normalized spacial score (nSPS) is 23.4. The maximum absolute atomic E-state index is 12.2. The van der Waals surface area contributed by atoms with E-state index in [1.165, 1.54) is 12.8 Å². The van der Waals surface area contributed by atoms with Crippen LogP contribution >= 0.6 is 0 Å². The van der Waals surface area contributed by atoms with Gasteiger partial charge in [-0.05, 0) is 23.8 Å². The van der Waals surface area contributed by atoms with Crippen LogP contribution in [0.3, 0.4) is 0 Å². The molecule has 134 valence electrons. The summed E-state index contributed by atoms with van der Waals surface area (Å²) in [5.41, 5.74) is 1.15. The molecule has 1 aromatic heterocycles. The molecule has 0 radical (unpaired) electrons. The molecule has 1 aromatic carbocycles. The summed E-state index contributed by atoms with van der Waals surface area (Å²) < 4.78 is 5.27. The van der Waals surface area contributed by atoms with Crippen LogP contribution in [-0.4, -0.2) is 22.1 Å². The Kier molecular flexibility index (Phi) is 5.84. The summed E-state index contributed by atoms with van der Waals surface area (Å²) in [4.78, 5) is 16.6. The summed E-state index contributed by atoms with van der Waals surface area (Å²) in [6, 6.07) is 10.3. The van der Waals surface area contributed by atoms with Crippen LogP contribution in [0.1, 0.15) is 56.8 Å². The average molecular weight is 341 g/mol. The lowest BCUT2D eigenvalue weighted by molar-refractivity contribution is -0.122. The molecule has 3 atom stereocenters. The fraction of sp³-hybridized carbons (Fsp3) is 0.550.